The summed E-state index contributed by atoms with van der Waals surface area (Å²) in [6.07, 6.45) is 6.91. The van der Waals surface area contributed by atoms with Gasteiger partial charge in [0, 0.05) is 12.7 Å². The van der Waals surface area contributed by atoms with Gasteiger partial charge in [0.15, 0.2) is 0 Å². The first kappa shape index (κ1) is 13.8. The second-order valence-corrected chi connectivity index (χ2v) is 5.29. The maximum Gasteiger partial charge on any atom is 0.341 e. The second-order valence-electron chi connectivity index (χ2n) is 5.29. The van der Waals surface area contributed by atoms with E-state index in [1.54, 1.807) is 18.3 Å². The first-order valence-corrected chi connectivity index (χ1v) is 6.99. The molecule has 2 atom stereocenters. The third kappa shape index (κ3) is 3.46. The molecule has 0 spiro atoms. The fraction of sp³-hybridized carbons (Fsp3) is 0.600. The molecule has 1 fully saturated rings. The van der Waals surface area contributed by atoms with E-state index in [4.69, 9.17) is 4.74 Å². The van der Waals surface area contributed by atoms with E-state index in [1.165, 1.54) is 32.8 Å². The molecule has 1 N–H and O–H groups in total. The molecule has 0 bridgehead atoms. The summed E-state index contributed by atoms with van der Waals surface area (Å²) >= 11 is 0. The first-order chi connectivity index (χ1) is 9.22. The summed E-state index contributed by atoms with van der Waals surface area (Å²) < 4.78 is 4.77. The zero-order valence-corrected chi connectivity index (χ0v) is 11.7. The minimum absolute atomic E-state index is 0.340. The van der Waals surface area contributed by atoms with E-state index in [2.05, 4.69) is 17.2 Å². The molecule has 2 rings (SSSR count). The Labute approximate surface area is 114 Å². The SMILES string of the molecule is COC(=O)c1cccnc1NCC1CCCCC1C. The van der Waals surface area contributed by atoms with Crippen LogP contribution >= 0.6 is 0 Å². The highest BCUT2D eigenvalue weighted by Crippen LogP contribution is 2.29. The fourth-order valence-electron chi connectivity index (χ4n) is 2.74. The smallest absolute Gasteiger partial charge is 0.341 e. The van der Waals surface area contributed by atoms with Gasteiger partial charge in [-0.2, -0.15) is 0 Å². The number of carbonyl (C=O) groups is 1. The van der Waals surface area contributed by atoms with E-state index in [0.717, 1.165) is 12.5 Å². The van der Waals surface area contributed by atoms with Crippen LogP contribution in [0, 0.1) is 11.8 Å². The lowest BCUT2D eigenvalue weighted by Crippen LogP contribution is -2.25. The van der Waals surface area contributed by atoms with Crippen molar-refractivity contribution in [3.63, 3.8) is 0 Å². The van der Waals surface area contributed by atoms with E-state index in [-0.39, 0.29) is 5.97 Å². The highest BCUT2D eigenvalue weighted by atomic mass is 16.5. The van der Waals surface area contributed by atoms with Crippen molar-refractivity contribution in [3.05, 3.63) is 23.9 Å². The Hall–Kier alpha value is -1.58. The number of ether oxygens (including phenoxy) is 1. The molecule has 0 saturated heterocycles. The van der Waals surface area contributed by atoms with Gasteiger partial charge < -0.3 is 10.1 Å². The number of nitrogens with one attached hydrogen (secondary N) is 1. The van der Waals surface area contributed by atoms with Crippen molar-refractivity contribution in [1.29, 1.82) is 0 Å². The highest BCUT2D eigenvalue weighted by Gasteiger charge is 2.22. The summed E-state index contributed by atoms with van der Waals surface area (Å²) in [5, 5.41) is 3.32. The number of hydrogen-bond donors (Lipinski definition) is 1. The van der Waals surface area contributed by atoms with E-state index in [0.29, 0.717) is 17.3 Å². The maximum absolute atomic E-state index is 11.6. The molecule has 1 aromatic rings. The number of aromatic nitrogens is 1. The molecular formula is C15H22N2O2. The maximum atomic E-state index is 11.6. The summed E-state index contributed by atoms with van der Waals surface area (Å²) in [5.41, 5.74) is 0.508. The molecule has 0 amide bonds. The quantitative estimate of drug-likeness (QED) is 0.847. The van der Waals surface area contributed by atoms with Crippen LogP contribution in [-0.4, -0.2) is 24.6 Å². The molecule has 0 aliphatic heterocycles. The minimum Gasteiger partial charge on any atom is -0.465 e. The Morgan fingerprint density at radius 3 is 3.00 bits per heavy atom. The van der Waals surface area contributed by atoms with Crippen molar-refractivity contribution in [2.24, 2.45) is 11.8 Å². The van der Waals surface area contributed by atoms with Gasteiger partial charge in [-0.1, -0.05) is 26.2 Å². The van der Waals surface area contributed by atoms with Gasteiger partial charge in [0.1, 0.15) is 11.4 Å². The standard InChI is InChI=1S/C15H22N2O2/c1-11-6-3-4-7-12(11)10-17-14-13(15(18)19-2)8-5-9-16-14/h5,8-9,11-12H,3-4,6-7,10H2,1-2H3,(H,16,17). The van der Waals surface area contributed by atoms with Gasteiger partial charge in [0.25, 0.3) is 0 Å². The molecule has 1 aliphatic rings. The van der Waals surface area contributed by atoms with Crippen LogP contribution in [0.1, 0.15) is 43.0 Å². The van der Waals surface area contributed by atoms with Crippen LogP contribution in [0.2, 0.25) is 0 Å². The second kappa shape index (κ2) is 6.55. The Morgan fingerprint density at radius 2 is 2.26 bits per heavy atom. The number of nitrogens with zero attached hydrogens (tertiary/aromatic N) is 1. The Bertz CT molecular complexity index is 434. The Balaban J connectivity index is 2.01. The zero-order valence-electron chi connectivity index (χ0n) is 11.7. The number of carbonyl (C=O) groups excluding carboxylic acids is 1. The molecule has 104 valence electrons. The summed E-state index contributed by atoms with van der Waals surface area (Å²) in [6, 6.07) is 3.49. The Morgan fingerprint density at radius 1 is 1.47 bits per heavy atom. The topological polar surface area (TPSA) is 51.2 Å². The molecule has 2 unspecified atom stereocenters. The van der Waals surface area contributed by atoms with Gasteiger partial charge in [-0.3, -0.25) is 0 Å². The number of hydrogen-bond acceptors (Lipinski definition) is 4. The molecule has 4 nitrogen and oxygen atoms in total. The molecule has 0 radical (unpaired) electrons. The predicted molar refractivity (Wildman–Crippen MR) is 75.2 cm³/mol. The molecule has 0 aromatic carbocycles. The van der Waals surface area contributed by atoms with Crippen LogP contribution < -0.4 is 5.32 Å². The summed E-state index contributed by atoms with van der Waals surface area (Å²) in [4.78, 5) is 15.9. The number of rotatable bonds is 4. The average molecular weight is 262 g/mol. The van der Waals surface area contributed by atoms with Crippen LogP contribution in [0.25, 0.3) is 0 Å². The van der Waals surface area contributed by atoms with Crippen molar-refractivity contribution in [3.8, 4) is 0 Å². The van der Waals surface area contributed by atoms with Crippen molar-refractivity contribution >= 4 is 11.8 Å². The lowest BCUT2D eigenvalue weighted by Gasteiger charge is -2.29. The molecule has 4 heteroatoms. The summed E-state index contributed by atoms with van der Waals surface area (Å²) in [7, 11) is 1.39. The molecule has 1 aromatic heterocycles. The Kier molecular flexibility index (Phi) is 4.77. The van der Waals surface area contributed by atoms with Gasteiger partial charge in [-0.05, 0) is 30.4 Å². The monoisotopic (exact) mass is 262 g/mol. The number of pyridine rings is 1. The van der Waals surface area contributed by atoms with Gasteiger partial charge in [-0.25, -0.2) is 9.78 Å². The highest BCUT2D eigenvalue weighted by molar-refractivity contribution is 5.94. The third-order valence-electron chi connectivity index (χ3n) is 4.03. The molecule has 1 saturated carbocycles. The van der Waals surface area contributed by atoms with Crippen LogP contribution in [0.15, 0.2) is 18.3 Å². The summed E-state index contributed by atoms with van der Waals surface area (Å²) in [6.45, 7) is 3.19. The molecule has 1 aliphatic carbocycles. The summed E-state index contributed by atoms with van der Waals surface area (Å²) in [5.74, 6) is 1.70. The fourth-order valence-corrected chi connectivity index (χ4v) is 2.74. The molecule has 1 heterocycles. The van der Waals surface area contributed by atoms with E-state index >= 15 is 0 Å². The van der Waals surface area contributed by atoms with Crippen molar-refractivity contribution in [1.82, 2.24) is 4.98 Å². The number of esters is 1. The number of methoxy groups -OCH3 is 1. The normalized spacial score (nSPS) is 22.8. The number of anilines is 1. The van der Waals surface area contributed by atoms with E-state index in [9.17, 15) is 4.79 Å². The van der Waals surface area contributed by atoms with Crippen molar-refractivity contribution in [2.45, 2.75) is 32.6 Å². The predicted octanol–water partition coefficient (Wildman–Crippen LogP) is 3.11. The minimum atomic E-state index is -0.340. The van der Waals surface area contributed by atoms with Crippen LogP contribution in [0.4, 0.5) is 5.82 Å². The lowest BCUT2D eigenvalue weighted by atomic mass is 9.80. The van der Waals surface area contributed by atoms with Crippen molar-refractivity contribution in [2.75, 3.05) is 19.0 Å². The van der Waals surface area contributed by atoms with Gasteiger partial charge >= 0.3 is 5.97 Å². The van der Waals surface area contributed by atoms with Gasteiger partial charge in [-0.15, -0.1) is 0 Å². The van der Waals surface area contributed by atoms with Gasteiger partial charge in [0.2, 0.25) is 0 Å². The largest absolute Gasteiger partial charge is 0.465 e. The van der Waals surface area contributed by atoms with Gasteiger partial charge in [0.05, 0.1) is 7.11 Å². The first-order valence-electron chi connectivity index (χ1n) is 6.99. The van der Waals surface area contributed by atoms with E-state index in [1.807, 2.05) is 0 Å². The van der Waals surface area contributed by atoms with Crippen molar-refractivity contribution < 1.29 is 9.53 Å². The van der Waals surface area contributed by atoms with E-state index < -0.39 is 0 Å². The third-order valence-corrected chi connectivity index (χ3v) is 4.03. The molecular weight excluding hydrogens is 240 g/mol. The van der Waals surface area contributed by atoms with Crippen LogP contribution in [-0.2, 0) is 4.74 Å². The molecule has 19 heavy (non-hydrogen) atoms. The zero-order chi connectivity index (χ0) is 13.7. The van der Waals surface area contributed by atoms with Crippen LogP contribution in [0.5, 0.6) is 0 Å². The van der Waals surface area contributed by atoms with Crippen LogP contribution in [0.3, 0.4) is 0 Å². The average Bonchev–Trinajstić information content (AvgIpc) is 2.46. The lowest BCUT2D eigenvalue weighted by molar-refractivity contribution is 0.0601.